The van der Waals surface area contributed by atoms with Crippen LogP contribution in [0.4, 0.5) is 0 Å². The highest BCUT2D eigenvalue weighted by atomic mass is 16.2. The van der Waals surface area contributed by atoms with Gasteiger partial charge < -0.3 is 9.80 Å². The van der Waals surface area contributed by atoms with Crippen LogP contribution in [0.15, 0.2) is 24.3 Å². The van der Waals surface area contributed by atoms with Crippen molar-refractivity contribution in [2.75, 3.05) is 26.2 Å². The molecule has 4 nitrogen and oxygen atoms in total. The van der Waals surface area contributed by atoms with E-state index in [9.17, 15) is 9.59 Å². The molecule has 2 amide bonds. The van der Waals surface area contributed by atoms with Crippen molar-refractivity contribution >= 4 is 11.8 Å². The molecule has 1 aliphatic rings. The first kappa shape index (κ1) is 18.5. The number of carbonyl (C=O) groups excluding carboxylic acids is 2. The lowest BCUT2D eigenvalue weighted by atomic mass is 9.86. The average molecular weight is 330 g/mol. The van der Waals surface area contributed by atoms with Gasteiger partial charge in [0.25, 0.3) is 0 Å². The standard InChI is InChI=1S/C20H30N2O2/c1-16(23)21-12-5-13-22(15-14-21)19(24)11-8-17-6-9-18(10-7-17)20(2,3)4/h6-7,9-10H,5,8,11-15H2,1-4H3. The number of benzene rings is 1. The van der Waals surface area contributed by atoms with Crippen molar-refractivity contribution in [3.05, 3.63) is 35.4 Å². The molecule has 0 unspecified atom stereocenters. The summed E-state index contributed by atoms with van der Waals surface area (Å²) in [5.41, 5.74) is 2.68. The minimum absolute atomic E-state index is 0.100. The number of carbonyl (C=O) groups is 2. The highest BCUT2D eigenvalue weighted by Crippen LogP contribution is 2.22. The van der Waals surface area contributed by atoms with Crippen LogP contribution >= 0.6 is 0 Å². The van der Waals surface area contributed by atoms with E-state index in [0.717, 1.165) is 25.9 Å². The lowest BCUT2D eigenvalue weighted by Gasteiger charge is -2.21. The zero-order valence-corrected chi connectivity index (χ0v) is 15.5. The molecule has 132 valence electrons. The molecule has 0 atom stereocenters. The van der Waals surface area contributed by atoms with E-state index < -0.39 is 0 Å². The molecule has 1 aromatic carbocycles. The third-order valence-electron chi connectivity index (χ3n) is 4.74. The Morgan fingerprint density at radius 1 is 0.958 bits per heavy atom. The number of hydrogen-bond acceptors (Lipinski definition) is 2. The Morgan fingerprint density at radius 3 is 2.12 bits per heavy atom. The van der Waals surface area contributed by atoms with E-state index in [1.165, 1.54) is 11.1 Å². The molecule has 0 N–H and O–H groups in total. The van der Waals surface area contributed by atoms with E-state index in [1.807, 2.05) is 9.80 Å². The zero-order valence-electron chi connectivity index (χ0n) is 15.5. The Labute approximate surface area is 145 Å². The maximum atomic E-state index is 12.4. The molecular formula is C20H30N2O2. The van der Waals surface area contributed by atoms with Crippen molar-refractivity contribution in [1.29, 1.82) is 0 Å². The van der Waals surface area contributed by atoms with Crippen LogP contribution in [0.2, 0.25) is 0 Å². The molecule has 1 saturated heterocycles. The third kappa shape index (κ3) is 5.08. The molecule has 0 radical (unpaired) electrons. The molecule has 2 rings (SSSR count). The quantitative estimate of drug-likeness (QED) is 0.855. The summed E-state index contributed by atoms with van der Waals surface area (Å²) in [6, 6.07) is 8.59. The van der Waals surface area contributed by atoms with Gasteiger partial charge in [-0.1, -0.05) is 45.0 Å². The normalized spacial score (nSPS) is 16.0. The molecule has 0 aromatic heterocycles. The van der Waals surface area contributed by atoms with Crippen molar-refractivity contribution in [3.8, 4) is 0 Å². The van der Waals surface area contributed by atoms with Gasteiger partial charge in [-0.2, -0.15) is 0 Å². The second-order valence-electron chi connectivity index (χ2n) is 7.69. The predicted octanol–water partition coefficient (Wildman–Crippen LogP) is 3.00. The Bertz CT molecular complexity index is 572. The van der Waals surface area contributed by atoms with E-state index in [4.69, 9.17) is 0 Å². The molecule has 0 bridgehead atoms. The SMILES string of the molecule is CC(=O)N1CCCN(C(=O)CCc2ccc(C(C)(C)C)cc2)CC1. The molecule has 4 heteroatoms. The van der Waals surface area contributed by atoms with Gasteiger partial charge in [0.2, 0.25) is 11.8 Å². The summed E-state index contributed by atoms with van der Waals surface area (Å²) in [6.45, 7) is 11.0. The van der Waals surface area contributed by atoms with Crippen LogP contribution in [0.1, 0.15) is 51.7 Å². The largest absolute Gasteiger partial charge is 0.341 e. The highest BCUT2D eigenvalue weighted by molar-refractivity contribution is 5.77. The molecule has 0 aliphatic carbocycles. The minimum Gasteiger partial charge on any atom is -0.341 e. The number of amides is 2. The minimum atomic E-state index is 0.100. The highest BCUT2D eigenvalue weighted by Gasteiger charge is 2.20. The first-order chi connectivity index (χ1) is 11.3. The van der Waals surface area contributed by atoms with Gasteiger partial charge in [0.05, 0.1) is 0 Å². The van der Waals surface area contributed by atoms with Crippen LogP contribution in [0.5, 0.6) is 0 Å². The summed E-state index contributed by atoms with van der Waals surface area (Å²) in [4.78, 5) is 27.6. The van der Waals surface area contributed by atoms with Crippen LogP contribution in [0.3, 0.4) is 0 Å². The fourth-order valence-electron chi connectivity index (χ4n) is 3.06. The van der Waals surface area contributed by atoms with Gasteiger partial charge in [0, 0.05) is 39.5 Å². The van der Waals surface area contributed by atoms with Gasteiger partial charge >= 0.3 is 0 Å². The fraction of sp³-hybridized carbons (Fsp3) is 0.600. The Balaban J connectivity index is 1.85. The number of hydrogen-bond donors (Lipinski definition) is 0. The number of nitrogens with zero attached hydrogens (tertiary/aromatic N) is 2. The second-order valence-corrected chi connectivity index (χ2v) is 7.69. The summed E-state index contributed by atoms with van der Waals surface area (Å²) in [5.74, 6) is 0.295. The first-order valence-electron chi connectivity index (χ1n) is 8.90. The maximum absolute atomic E-state index is 12.4. The molecule has 24 heavy (non-hydrogen) atoms. The van der Waals surface area contributed by atoms with E-state index in [2.05, 4.69) is 45.0 Å². The van der Waals surface area contributed by atoms with Gasteiger partial charge in [-0.3, -0.25) is 9.59 Å². The van der Waals surface area contributed by atoms with Crippen molar-refractivity contribution in [1.82, 2.24) is 9.80 Å². The van der Waals surface area contributed by atoms with Crippen molar-refractivity contribution in [2.24, 2.45) is 0 Å². The van der Waals surface area contributed by atoms with E-state index in [1.54, 1.807) is 6.92 Å². The molecule has 1 heterocycles. The summed E-state index contributed by atoms with van der Waals surface area (Å²) < 4.78 is 0. The molecular weight excluding hydrogens is 300 g/mol. The topological polar surface area (TPSA) is 40.6 Å². The lowest BCUT2D eigenvalue weighted by Crippen LogP contribution is -2.36. The average Bonchev–Trinajstić information content (AvgIpc) is 2.78. The van der Waals surface area contributed by atoms with Crippen LogP contribution in [-0.2, 0) is 21.4 Å². The van der Waals surface area contributed by atoms with Gasteiger partial charge in [-0.05, 0) is 29.4 Å². The lowest BCUT2D eigenvalue weighted by molar-refractivity contribution is -0.132. The van der Waals surface area contributed by atoms with Gasteiger partial charge in [0.15, 0.2) is 0 Å². The van der Waals surface area contributed by atoms with Crippen LogP contribution in [-0.4, -0.2) is 47.8 Å². The Kier molecular flexibility index (Phi) is 6.03. The van der Waals surface area contributed by atoms with Gasteiger partial charge in [0.1, 0.15) is 0 Å². The summed E-state index contributed by atoms with van der Waals surface area (Å²) in [6.07, 6.45) is 2.18. The fourth-order valence-corrected chi connectivity index (χ4v) is 3.06. The van der Waals surface area contributed by atoms with E-state index in [0.29, 0.717) is 19.5 Å². The smallest absolute Gasteiger partial charge is 0.222 e. The zero-order chi connectivity index (χ0) is 17.7. The van der Waals surface area contributed by atoms with E-state index >= 15 is 0 Å². The van der Waals surface area contributed by atoms with Crippen molar-refractivity contribution in [3.63, 3.8) is 0 Å². The predicted molar refractivity (Wildman–Crippen MR) is 96.9 cm³/mol. The monoisotopic (exact) mass is 330 g/mol. The molecule has 1 aliphatic heterocycles. The number of rotatable bonds is 3. The summed E-state index contributed by atoms with van der Waals surface area (Å²) in [7, 11) is 0. The Hall–Kier alpha value is -1.84. The Morgan fingerprint density at radius 2 is 1.54 bits per heavy atom. The molecule has 0 saturated carbocycles. The summed E-state index contributed by atoms with van der Waals surface area (Å²) in [5, 5.41) is 0. The van der Waals surface area contributed by atoms with Crippen LogP contribution < -0.4 is 0 Å². The molecule has 0 spiro atoms. The van der Waals surface area contributed by atoms with Crippen molar-refractivity contribution < 1.29 is 9.59 Å². The van der Waals surface area contributed by atoms with Crippen LogP contribution in [0, 0.1) is 0 Å². The second kappa shape index (κ2) is 7.82. The maximum Gasteiger partial charge on any atom is 0.222 e. The number of aryl methyl sites for hydroxylation is 1. The molecule has 1 fully saturated rings. The van der Waals surface area contributed by atoms with E-state index in [-0.39, 0.29) is 17.2 Å². The van der Waals surface area contributed by atoms with Gasteiger partial charge in [-0.25, -0.2) is 0 Å². The molecule has 1 aromatic rings. The van der Waals surface area contributed by atoms with Crippen LogP contribution in [0.25, 0.3) is 0 Å². The van der Waals surface area contributed by atoms with Gasteiger partial charge in [-0.15, -0.1) is 0 Å². The third-order valence-corrected chi connectivity index (χ3v) is 4.74. The summed E-state index contributed by atoms with van der Waals surface area (Å²) >= 11 is 0. The van der Waals surface area contributed by atoms with Crippen molar-refractivity contribution in [2.45, 2.75) is 52.4 Å². The first-order valence-corrected chi connectivity index (χ1v) is 8.90.